The van der Waals surface area contributed by atoms with Crippen LogP contribution in [-0.4, -0.2) is 44.9 Å². The Labute approximate surface area is 176 Å². The zero-order valence-electron chi connectivity index (χ0n) is 16.8. The fourth-order valence-corrected chi connectivity index (χ4v) is 4.27. The second kappa shape index (κ2) is 9.73. The van der Waals surface area contributed by atoms with Gasteiger partial charge >= 0.3 is 6.03 Å². The van der Waals surface area contributed by atoms with Gasteiger partial charge in [-0.3, -0.25) is 4.79 Å². The number of nitrogens with one attached hydrogen (secondary N) is 3. The van der Waals surface area contributed by atoms with Gasteiger partial charge in [-0.15, -0.1) is 0 Å². The number of sulfonamides is 1. The van der Waals surface area contributed by atoms with E-state index < -0.39 is 10.0 Å². The molecule has 1 fully saturated rings. The summed E-state index contributed by atoms with van der Waals surface area (Å²) in [6, 6.07) is 13.0. The standard InChI is InChI=1S/C21H26N4O4S/c1-2-23-30(28,29)19-10-8-17(9-11-19)20(26)22-15-16-6-5-7-18(14-16)24-21(27)25-12-3-4-13-25/h5-11,14,23H,2-4,12-13,15H2,1H3,(H,22,26)(H,24,27). The molecule has 0 aliphatic carbocycles. The number of amides is 3. The molecule has 0 unspecified atom stereocenters. The molecule has 160 valence electrons. The Bertz CT molecular complexity index is 1000. The van der Waals surface area contributed by atoms with Crippen molar-refractivity contribution in [3.8, 4) is 0 Å². The summed E-state index contributed by atoms with van der Waals surface area (Å²) in [5.41, 5.74) is 1.88. The molecule has 1 aliphatic heterocycles. The third-order valence-corrected chi connectivity index (χ3v) is 6.35. The Balaban J connectivity index is 1.57. The van der Waals surface area contributed by atoms with Crippen molar-refractivity contribution in [2.75, 3.05) is 25.0 Å². The lowest BCUT2D eigenvalue weighted by molar-refractivity contribution is 0.0950. The molecule has 2 aromatic rings. The lowest BCUT2D eigenvalue weighted by Crippen LogP contribution is -2.32. The van der Waals surface area contributed by atoms with Gasteiger partial charge in [0.05, 0.1) is 4.90 Å². The predicted molar refractivity (Wildman–Crippen MR) is 115 cm³/mol. The van der Waals surface area contributed by atoms with Gasteiger partial charge in [-0.05, 0) is 54.8 Å². The van der Waals surface area contributed by atoms with Gasteiger partial charge < -0.3 is 15.5 Å². The maximum absolute atomic E-state index is 12.4. The van der Waals surface area contributed by atoms with Crippen LogP contribution in [0, 0.1) is 0 Å². The van der Waals surface area contributed by atoms with Crippen molar-refractivity contribution in [2.45, 2.75) is 31.2 Å². The van der Waals surface area contributed by atoms with Crippen LogP contribution in [-0.2, 0) is 16.6 Å². The second-order valence-corrected chi connectivity index (χ2v) is 8.80. The van der Waals surface area contributed by atoms with E-state index in [1.54, 1.807) is 11.8 Å². The average Bonchev–Trinajstić information content (AvgIpc) is 3.27. The Hall–Kier alpha value is -2.91. The first-order valence-corrected chi connectivity index (χ1v) is 11.4. The van der Waals surface area contributed by atoms with E-state index in [2.05, 4.69) is 15.4 Å². The quantitative estimate of drug-likeness (QED) is 0.627. The van der Waals surface area contributed by atoms with Crippen LogP contribution in [0.4, 0.5) is 10.5 Å². The number of nitrogens with zero attached hydrogens (tertiary/aromatic N) is 1. The minimum Gasteiger partial charge on any atom is -0.348 e. The third-order valence-electron chi connectivity index (χ3n) is 4.79. The van der Waals surface area contributed by atoms with Crippen molar-refractivity contribution in [1.82, 2.24) is 14.9 Å². The van der Waals surface area contributed by atoms with E-state index in [1.807, 2.05) is 24.3 Å². The molecule has 0 radical (unpaired) electrons. The van der Waals surface area contributed by atoms with Gasteiger partial charge in [-0.1, -0.05) is 19.1 Å². The van der Waals surface area contributed by atoms with Crippen LogP contribution in [0.2, 0.25) is 0 Å². The van der Waals surface area contributed by atoms with Crippen LogP contribution in [0.5, 0.6) is 0 Å². The van der Waals surface area contributed by atoms with E-state index >= 15 is 0 Å². The van der Waals surface area contributed by atoms with Crippen LogP contribution < -0.4 is 15.4 Å². The highest BCUT2D eigenvalue weighted by Gasteiger charge is 2.18. The molecular weight excluding hydrogens is 404 g/mol. The molecular formula is C21H26N4O4S. The van der Waals surface area contributed by atoms with E-state index in [0.717, 1.165) is 31.5 Å². The van der Waals surface area contributed by atoms with Gasteiger partial charge in [0.15, 0.2) is 0 Å². The summed E-state index contributed by atoms with van der Waals surface area (Å²) in [6.45, 7) is 3.82. The molecule has 3 rings (SSSR count). The number of carbonyl (C=O) groups is 2. The number of rotatable bonds is 7. The number of likely N-dealkylation sites (tertiary alicyclic amines) is 1. The zero-order valence-corrected chi connectivity index (χ0v) is 17.7. The van der Waals surface area contributed by atoms with Crippen LogP contribution in [0.3, 0.4) is 0 Å². The largest absolute Gasteiger partial charge is 0.348 e. The van der Waals surface area contributed by atoms with Gasteiger partial charge in [0.1, 0.15) is 0 Å². The van der Waals surface area contributed by atoms with Crippen LogP contribution >= 0.6 is 0 Å². The minimum absolute atomic E-state index is 0.110. The molecule has 8 nitrogen and oxygen atoms in total. The van der Waals surface area contributed by atoms with Gasteiger partial charge in [0.25, 0.3) is 5.91 Å². The Morgan fingerprint density at radius 3 is 2.40 bits per heavy atom. The lowest BCUT2D eigenvalue weighted by Gasteiger charge is -2.16. The molecule has 9 heteroatoms. The fourth-order valence-electron chi connectivity index (χ4n) is 3.23. The highest BCUT2D eigenvalue weighted by atomic mass is 32.2. The first kappa shape index (κ1) is 21.8. The van der Waals surface area contributed by atoms with Gasteiger partial charge in [0, 0.05) is 37.4 Å². The molecule has 0 spiro atoms. The van der Waals surface area contributed by atoms with Crippen molar-refractivity contribution in [1.29, 1.82) is 0 Å². The molecule has 3 N–H and O–H groups in total. The molecule has 3 amide bonds. The lowest BCUT2D eigenvalue weighted by atomic mass is 10.1. The molecule has 0 atom stereocenters. The molecule has 0 bridgehead atoms. The maximum Gasteiger partial charge on any atom is 0.321 e. The van der Waals surface area contributed by atoms with Gasteiger partial charge in [-0.25, -0.2) is 17.9 Å². The minimum atomic E-state index is -3.55. The van der Waals surface area contributed by atoms with Crippen LogP contribution in [0.1, 0.15) is 35.7 Å². The normalized spacial score (nSPS) is 13.8. The monoisotopic (exact) mass is 430 g/mol. The van der Waals surface area contributed by atoms with E-state index in [1.165, 1.54) is 24.3 Å². The Morgan fingerprint density at radius 2 is 1.73 bits per heavy atom. The number of benzene rings is 2. The van der Waals surface area contributed by atoms with Crippen molar-refractivity contribution in [3.05, 3.63) is 59.7 Å². The average molecular weight is 431 g/mol. The van der Waals surface area contributed by atoms with Crippen LogP contribution in [0.25, 0.3) is 0 Å². The topological polar surface area (TPSA) is 108 Å². The summed E-state index contributed by atoms with van der Waals surface area (Å²) in [7, 11) is -3.55. The fraction of sp³-hybridized carbons (Fsp3) is 0.333. The zero-order chi connectivity index (χ0) is 21.6. The summed E-state index contributed by atoms with van der Waals surface area (Å²) in [6.07, 6.45) is 2.06. The molecule has 1 aliphatic rings. The predicted octanol–water partition coefficient (Wildman–Crippen LogP) is 2.54. The highest BCUT2D eigenvalue weighted by molar-refractivity contribution is 7.89. The van der Waals surface area contributed by atoms with E-state index in [-0.39, 0.29) is 23.4 Å². The van der Waals surface area contributed by atoms with E-state index in [0.29, 0.717) is 17.8 Å². The molecule has 0 saturated carbocycles. The van der Waals surface area contributed by atoms with Crippen molar-refractivity contribution >= 4 is 27.6 Å². The first-order valence-electron chi connectivity index (χ1n) is 9.92. The van der Waals surface area contributed by atoms with Gasteiger partial charge in [0.2, 0.25) is 10.0 Å². The molecule has 0 aromatic heterocycles. The highest BCUT2D eigenvalue weighted by Crippen LogP contribution is 2.15. The Kier molecular flexibility index (Phi) is 7.07. The summed E-state index contributed by atoms with van der Waals surface area (Å²) in [4.78, 5) is 26.5. The third kappa shape index (κ3) is 5.58. The number of urea groups is 1. The number of hydrogen-bond acceptors (Lipinski definition) is 4. The van der Waals surface area contributed by atoms with Crippen LogP contribution in [0.15, 0.2) is 53.4 Å². The SMILES string of the molecule is CCNS(=O)(=O)c1ccc(C(=O)NCc2cccc(NC(=O)N3CCCC3)c2)cc1. The number of hydrogen-bond donors (Lipinski definition) is 3. The summed E-state index contributed by atoms with van der Waals surface area (Å²) in [5, 5.41) is 5.69. The molecule has 1 heterocycles. The Morgan fingerprint density at radius 1 is 1.03 bits per heavy atom. The number of anilines is 1. The number of carbonyl (C=O) groups excluding carboxylic acids is 2. The van der Waals surface area contributed by atoms with E-state index in [9.17, 15) is 18.0 Å². The van der Waals surface area contributed by atoms with Gasteiger partial charge in [-0.2, -0.15) is 0 Å². The molecule has 1 saturated heterocycles. The van der Waals surface area contributed by atoms with Crippen molar-refractivity contribution in [2.24, 2.45) is 0 Å². The first-order chi connectivity index (χ1) is 14.4. The summed E-state index contributed by atoms with van der Waals surface area (Å²) >= 11 is 0. The van der Waals surface area contributed by atoms with Crippen molar-refractivity contribution < 1.29 is 18.0 Å². The molecule has 2 aromatic carbocycles. The molecule has 30 heavy (non-hydrogen) atoms. The maximum atomic E-state index is 12.4. The summed E-state index contributed by atoms with van der Waals surface area (Å²) < 4.78 is 26.4. The second-order valence-electron chi connectivity index (χ2n) is 7.03. The smallest absolute Gasteiger partial charge is 0.321 e. The summed E-state index contributed by atoms with van der Waals surface area (Å²) in [5.74, 6) is -0.311. The van der Waals surface area contributed by atoms with Crippen molar-refractivity contribution in [3.63, 3.8) is 0 Å². The van der Waals surface area contributed by atoms with E-state index in [4.69, 9.17) is 0 Å².